The van der Waals surface area contributed by atoms with Gasteiger partial charge in [0.05, 0.1) is 11.7 Å². The SMILES string of the molecule is C=CCOc1ccc(C2=C[C@@H]3c4ccccc4O[C@@H](c4ccc(C)cc4)N3N2)cc1. The molecule has 0 saturated heterocycles. The van der Waals surface area contributed by atoms with E-state index < -0.39 is 0 Å². The lowest BCUT2D eigenvalue weighted by molar-refractivity contribution is -0.0326. The Morgan fingerprint density at radius 3 is 2.57 bits per heavy atom. The largest absolute Gasteiger partial charge is 0.490 e. The first-order valence-corrected chi connectivity index (χ1v) is 10.2. The van der Waals surface area contributed by atoms with Gasteiger partial charge in [0.1, 0.15) is 18.1 Å². The Kier molecular flexibility index (Phi) is 4.77. The van der Waals surface area contributed by atoms with Gasteiger partial charge >= 0.3 is 0 Å². The molecule has 3 aromatic carbocycles. The molecule has 0 aliphatic carbocycles. The van der Waals surface area contributed by atoms with E-state index in [1.165, 1.54) is 5.56 Å². The second-order valence-electron chi connectivity index (χ2n) is 7.59. The fourth-order valence-corrected chi connectivity index (χ4v) is 3.94. The molecule has 1 N–H and O–H groups in total. The molecule has 0 bridgehead atoms. The lowest BCUT2D eigenvalue weighted by atomic mass is 10.0. The molecule has 0 amide bonds. The number of fused-ring (bicyclic) bond motifs is 3. The fraction of sp³-hybridized carbons (Fsp3) is 0.154. The summed E-state index contributed by atoms with van der Waals surface area (Å²) < 4.78 is 12.0. The van der Waals surface area contributed by atoms with E-state index in [1.54, 1.807) is 6.08 Å². The van der Waals surface area contributed by atoms with Crippen LogP contribution in [0.25, 0.3) is 5.70 Å². The molecule has 3 aromatic rings. The Labute approximate surface area is 177 Å². The molecule has 2 aliphatic heterocycles. The first kappa shape index (κ1) is 18.5. The van der Waals surface area contributed by atoms with Gasteiger partial charge in [-0.1, -0.05) is 60.7 Å². The van der Waals surface area contributed by atoms with Crippen molar-refractivity contribution in [3.8, 4) is 11.5 Å². The predicted octanol–water partition coefficient (Wildman–Crippen LogP) is 5.55. The number of rotatable bonds is 5. The van der Waals surface area contributed by atoms with E-state index in [-0.39, 0.29) is 12.3 Å². The Balaban J connectivity index is 1.48. The minimum absolute atomic E-state index is 0.0907. The van der Waals surface area contributed by atoms with Crippen molar-refractivity contribution in [1.29, 1.82) is 0 Å². The molecule has 30 heavy (non-hydrogen) atoms. The average molecular weight is 396 g/mol. The van der Waals surface area contributed by atoms with Crippen molar-refractivity contribution in [1.82, 2.24) is 10.4 Å². The molecular weight excluding hydrogens is 372 g/mol. The molecule has 0 radical (unpaired) electrons. The second kappa shape index (κ2) is 7.73. The zero-order valence-electron chi connectivity index (χ0n) is 16.9. The van der Waals surface area contributed by atoms with Crippen LogP contribution in [0, 0.1) is 6.92 Å². The van der Waals surface area contributed by atoms with Crippen molar-refractivity contribution in [3.63, 3.8) is 0 Å². The lowest BCUT2D eigenvalue weighted by Crippen LogP contribution is -2.43. The molecule has 150 valence electrons. The van der Waals surface area contributed by atoms with Crippen LogP contribution in [-0.4, -0.2) is 11.6 Å². The molecule has 5 rings (SSSR count). The molecule has 2 aliphatic rings. The van der Waals surface area contributed by atoms with E-state index in [0.29, 0.717) is 6.61 Å². The highest BCUT2D eigenvalue weighted by atomic mass is 16.5. The van der Waals surface area contributed by atoms with Gasteiger partial charge in [-0.25, -0.2) is 0 Å². The molecule has 0 unspecified atom stereocenters. The molecule has 0 aromatic heterocycles. The highest BCUT2D eigenvalue weighted by Crippen LogP contribution is 2.45. The monoisotopic (exact) mass is 396 g/mol. The van der Waals surface area contributed by atoms with Gasteiger partial charge < -0.3 is 14.9 Å². The zero-order valence-corrected chi connectivity index (χ0v) is 16.9. The standard InChI is InChI=1S/C26H24N2O2/c1-3-16-29-21-14-12-19(13-15-21)23-17-24-22-6-4-5-7-25(22)30-26(28(24)27-23)20-10-8-18(2)9-11-20/h3-15,17,24,26-27H,1,16H2,2H3/t24-,26+/m1/s1. The average Bonchev–Trinajstić information content (AvgIpc) is 3.24. The van der Waals surface area contributed by atoms with Crippen LogP contribution >= 0.6 is 0 Å². The summed E-state index contributed by atoms with van der Waals surface area (Å²) in [6.07, 6.45) is 3.80. The number of para-hydroxylation sites is 1. The molecular formula is C26H24N2O2. The maximum absolute atomic E-state index is 6.42. The normalized spacial score (nSPS) is 19.7. The number of hydrazine groups is 1. The van der Waals surface area contributed by atoms with E-state index >= 15 is 0 Å². The summed E-state index contributed by atoms with van der Waals surface area (Å²) in [4.78, 5) is 0. The van der Waals surface area contributed by atoms with Gasteiger partial charge in [0.25, 0.3) is 0 Å². The molecule has 0 spiro atoms. The molecule has 2 atom stereocenters. The summed E-state index contributed by atoms with van der Waals surface area (Å²) in [5.74, 6) is 1.76. The zero-order chi connectivity index (χ0) is 20.5. The van der Waals surface area contributed by atoms with E-state index in [0.717, 1.165) is 33.9 Å². The predicted molar refractivity (Wildman–Crippen MR) is 119 cm³/mol. The number of hydrogen-bond acceptors (Lipinski definition) is 4. The molecule has 2 heterocycles. The number of nitrogens with zero attached hydrogens (tertiary/aromatic N) is 1. The van der Waals surface area contributed by atoms with Crippen molar-refractivity contribution in [2.75, 3.05) is 6.61 Å². The number of benzene rings is 3. The topological polar surface area (TPSA) is 33.7 Å². The van der Waals surface area contributed by atoms with Crippen LogP contribution < -0.4 is 14.9 Å². The van der Waals surface area contributed by atoms with Gasteiger partial charge in [0.15, 0.2) is 6.23 Å². The summed E-state index contributed by atoms with van der Waals surface area (Å²) in [5, 5.41) is 2.18. The summed E-state index contributed by atoms with van der Waals surface area (Å²) in [6, 6.07) is 25.0. The number of hydrogen-bond donors (Lipinski definition) is 1. The summed E-state index contributed by atoms with van der Waals surface area (Å²) in [6.45, 7) is 6.29. The third-order valence-corrected chi connectivity index (χ3v) is 5.50. The van der Waals surface area contributed by atoms with E-state index in [2.05, 4.69) is 78.5 Å². The third kappa shape index (κ3) is 3.36. The van der Waals surface area contributed by atoms with Gasteiger partial charge in [0, 0.05) is 11.1 Å². The Hall–Kier alpha value is -3.50. The van der Waals surface area contributed by atoms with Crippen molar-refractivity contribution in [2.45, 2.75) is 19.2 Å². The first-order valence-electron chi connectivity index (χ1n) is 10.2. The van der Waals surface area contributed by atoms with Crippen molar-refractivity contribution >= 4 is 5.70 Å². The summed E-state index contributed by atoms with van der Waals surface area (Å²) >= 11 is 0. The second-order valence-corrected chi connectivity index (χ2v) is 7.59. The highest BCUT2D eigenvalue weighted by molar-refractivity contribution is 5.68. The van der Waals surface area contributed by atoms with E-state index in [9.17, 15) is 0 Å². The van der Waals surface area contributed by atoms with Crippen LogP contribution in [-0.2, 0) is 0 Å². The minimum Gasteiger partial charge on any atom is -0.490 e. The maximum Gasteiger partial charge on any atom is 0.195 e. The fourth-order valence-electron chi connectivity index (χ4n) is 3.94. The first-order chi connectivity index (χ1) is 14.7. The van der Waals surface area contributed by atoms with E-state index in [1.807, 2.05) is 24.3 Å². The highest BCUT2D eigenvalue weighted by Gasteiger charge is 2.39. The molecule has 0 saturated carbocycles. The maximum atomic E-state index is 6.42. The number of ether oxygens (including phenoxy) is 2. The van der Waals surface area contributed by atoms with Crippen molar-refractivity contribution in [2.24, 2.45) is 0 Å². The number of nitrogens with one attached hydrogen (secondary N) is 1. The van der Waals surface area contributed by atoms with Crippen LogP contribution in [0.15, 0.2) is 91.5 Å². The van der Waals surface area contributed by atoms with Gasteiger partial charge in [-0.3, -0.25) is 0 Å². The summed E-state index contributed by atoms with van der Waals surface area (Å²) in [5.41, 5.74) is 9.27. The third-order valence-electron chi connectivity index (χ3n) is 5.50. The lowest BCUT2D eigenvalue weighted by Gasteiger charge is -2.39. The smallest absolute Gasteiger partial charge is 0.195 e. The van der Waals surface area contributed by atoms with Crippen LogP contribution in [0.4, 0.5) is 0 Å². The van der Waals surface area contributed by atoms with Gasteiger partial charge in [-0.15, -0.1) is 0 Å². The molecule has 4 nitrogen and oxygen atoms in total. The minimum atomic E-state index is -0.213. The molecule has 4 heteroatoms. The van der Waals surface area contributed by atoms with Crippen LogP contribution in [0.3, 0.4) is 0 Å². The van der Waals surface area contributed by atoms with Gasteiger partial charge in [-0.05, 0) is 48.9 Å². The van der Waals surface area contributed by atoms with Crippen LogP contribution in [0.2, 0.25) is 0 Å². The van der Waals surface area contributed by atoms with Crippen molar-refractivity contribution < 1.29 is 9.47 Å². The Morgan fingerprint density at radius 1 is 1.03 bits per heavy atom. The summed E-state index contributed by atoms with van der Waals surface area (Å²) in [7, 11) is 0. The van der Waals surface area contributed by atoms with E-state index in [4.69, 9.17) is 9.47 Å². The van der Waals surface area contributed by atoms with Gasteiger partial charge in [-0.2, -0.15) is 5.01 Å². The molecule has 0 fully saturated rings. The number of aryl methyl sites for hydroxylation is 1. The quantitative estimate of drug-likeness (QED) is 0.573. The van der Waals surface area contributed by atoms with Crippen molar-refractivity contribution in [3.05, 3.63) is 114 Å². The Bertz CT molecular complexity index is 1090. The van der Waals surface area contributed by atoms with Gasteiger partial charge in [0.2, 0.25) is 0 Å². The van der Waals surface area contributed by atoms with Crippen LogP contribution in [0.1, 0.15) is 34.5 Å². The Morgan fingerprint density at radius 2 is 1.80 bits per heavy atom. The van der Waals surface area contributed by atoms with Crippen LogP contribution in [0.5, 0.6) is 11.5 Å².